The van der Waals surface area contributed by atoms with Crippen LogP contribution in [0.2, 0.25) is 0 Å². The molecule has 2 saturated carbocycles. The van der Waals surface area contributed by atoms with Gasteiger partial charge < -0.3 is 19.6 Å². The first kappa shape index (κ1) is 59.4. The fraction of sp³-hybridized carbons (Fsp3) is 0.486. The molecular weight excluding hydrogens is 777 g/mol. The second-order valence-electron chi connectivity index (χ2n) is 10.9. The molecule has 49 heavy (non-hydrogen) atoms. The van der Waals surface area contributed by atoms with E-state index in [2.05, 4.69) is 23.8 Å². The van der Waals surface area contributed by atoms with Crippen molar-refractivity contribution < 1.29 is 175 Å². The normalized spacial score (nSPS) is 20.6. The van der Waals surface area contributed by atoms with Gasteiger partial charge in [-0.25, -0.2) is 0 Å². The summed E-state index contributed by atoms with van der Waals surface area (Å²) in [6.07, 6.45) is 7.93. The molecule has 2 aliphatic heterocycles. The first-order valence-electron chi connectivity index (χ1n) is 15.5. The molecule has 0 N–H and O–H groups in total. The quantitative estimate of drug-likeness (QED) is 0.171. The summed E-state index contributed by atoms with van der Waals surface area (Å²) in [5.74, 6) is -0.211. The van der Waals surface area contributed by atoms with Crippen LogP contribution in [0.4, 0.5) is 5.69 Å². The summed E-state index contributed by atoms with van der Waals surface area (Å²) in [5, 5.41) is 0. The zero-order valence-electron chi connectivity index (χ0n) is 30.2. The van der Waals surface area contributed by atoms with Crippen LogP contribution in [0.15, 0.2) is 60.7 Å². The average Bonchev–Trinajstić information content (AvgIpc) is 3.43. The Kier molecular flexibility index (Phi) is 39.4. The van der Waals surface area contributed by atoms with E-state index in [0.29, 0.717) is 0 Å². The number of esters is 1. The maximum Gasteiger partial charge on any atom is 0.302 e. The molecule has 4 aliphatic rings. The summed E-state index contributed by atoms with van der Waals surface area (Å²) in [4.78, 5) is 59.7. The van der Waals surface area contributed by atoms with Gasteiger partial charge in [0.25, 0.3) is 0 Å². The van der Waals surface area contributed by atoms with E-state index in [1.54, 1.807) is 7.05 Å². The molecule has 4 atom stereocenters. The van der Waals surface area contributed by atoms with E-state index in [9.17, 15) is 24.0 Å². The van der Waals surface area contributed by atoms with Crippen LogP contribution in [0.1, 0.15) is 77.7 Å². The molecule has 4 fully saturated rings. The summed E-state index contributed by atoms with van der Waals surface area (Å²) in [7, 11) is 2.95. The van der Waals surface area contributed by atoms with Gasteiger partial charge in [0.05, 0.1) is 36.5 Å². The summed E-state index contributed by atoms with van der Waals surface area (Å²) in [5.41, 5.74) is 2.04. The third kappa shape index (κ3) is 18.3. The molecule has 4 unspecified atom stereocenters. The van der Waals surface area contributed by atoms with Gasteiger partial charge in [0.15, 0.2) is 0 Å². The Morgan fingerprint density at radius 2 is 0.918 bits per heavy atom. The van der Waals surface area contributed by atoms with Crippen LogP contribution in [0.25, 0.3) is 0 Å². The van der Waals surface area contributed by atoms with Gasteiger partial charge in [-0.15, -0.1) is 0 Å². The van der Waals surface area contributed by atoms with E-state index in [4.69, 9.17) is 0 Å². The molecule has 2 aliphatic carbocycles. The first-order valence-corrected chi connectivity index (χ1v) is 15.5. The number of fused-ring (bicyclic) bond motifs is 2. The number of likely N-dealkylation sites (tertiary alicyclic amines) is 1. The number of ether oxygens (including phenoxy) is 1. The van der Waals surface area contributed by atoms with Gasteiger partial charge in [-0.2, -0.15) is 0 Å². The Labute approximate surface area is 411 Å². The number of imide groups is 2. The van der Waals surface area contributed by atoms with Gasteiger partial charge in [0.1, 0.15) is 0 Å². The number of hydrogen-bond acceptors (Lipinski definition) is 6. The average molecular weight is 832 g/mol. The number of rotatable bonds is 1. The predicted octanol–water partition coefficient (Wildman–Crippen LogP) is 7.26. The van der Waals surface area contributed by atoms with Crippen LogP contribution in [-0.4, -0.2) is 48.7 Å². The number of methoxy groups -OCH3 is 1. The smallest absolute Gasteiger partial charge is 0.302 e. The van der Waals surface area contributed by atoms with E-state index in [1.165, 1.54) is 29.4 Å². The SMILES string of the molecule is CC.CN1C(=O)C2CCCCC2C1=O.COC(C)=O.Cc1ccccc1.O=C1C2CCCCC2C(=O)N1c1ccccc1.[Ar].[Ar].[Ar].[CH3-].[CH3-].[Y]. The maximum atomic E-state index is 12.3. The second-order valence-corrected chi connectivity index (χ2v) is 10.9. The largest absolute Gasteiger partial charge is 0.469 e. The maximum absolute atomic E-state index is 12.3. The Balaban J connectivity index is -0.000000180. The van der Waals surface area contributed by atoms with E-state index in [-0.39, 0.29) is 214 Å². The second kappa shape index (κ2) is 32.5. The van der Waals surface area contributed by atoms with E-state index in [0.717, 1.165) is 57.1 Å². The number of hydrogen-bond donors (Lipinski definition) is 0. The molecule has 1 radical (unpaired) electrons. The molecule has 8 nitrogen and oxygen atoms in total. The van der Waals surface area contributed by atoms with Crippen molar-refractivity contribution >= 4 is 35.3 Å². The standard InChI is InChI=1S/C14H15NO2.C9H13NO2.C7H8.C3H6O2.C2H6.2CH3.3Ar.Y/c16-13-11-8-4-5-9-12(11)14(17)15(13)10-6-2-1-3-7-10;1-10-8(11)6-4-2-3-5-7(6)9(10)12;1-7-5-3-2-4-6-7;1-3(4)5-2;1-2;;;;;;/h1-3,6-7,11-12H,4-5,8-9H2;6-7H,2-5H2,1H3;2-6H,1H3;1-2H3;1-2H3;2*1H3;;;;/q;;;;;2*-1;;;;. The van der Waals surface area contributed by atoms with Crippen molar-refractivity contribution in [2.45, 2.75) is 79.1 Å². The molecule has 277 valence electrons. The molecule has 2 saturated heterocycles. The zero-order chi connectivity index (χ0) is 31.9. The Morgan fingerprint density at radius 3 is 1.18 bits per heavy atom. The number of para-hydroxylation sites is 1. The van der Waals surface area contributed by atoms with Crippen molar-refractivity contribution in [1.29, 1.82) is 0 Å². The topological polar surface area (TPSA) is 101 Å². The van der Waals surface area contributed by atoms with E-state index < -0.39 is 0 Å². The number of carbonyl (C=O) groups excluding carboxylic acids is 5. The molecule has 4 amide bonds. The van der Waals surface area contributed by atoms with Crippen LogP contribution in [0, 0.1) is 159 Å². The molecule has 12 heteroatoms. The van der Waals surface area contributed by atoms with Crippen LogP contribution in [-0.2, 0) is 61.4 Å². The monoisotopic (exact) mass is 831 g/mol. The number of amides is 4. The van der Waals surface area contributed by atoms with Gasteiger partial charge >= 0.3 is 5.97 Å². The number of aryl methyl sites for hydroxylation is 1. The fourth-order valence-electron chi connectivity index (χ4n) is 5.86. The van der Waals surface area contributed by atoms with Crippen molar-refractivity contribution in [3.05, 3.63) is 81.1 Å². The number of anilines is 1. The van der Waals surface area contributed by atoms with Crippen LogP contribution in [0.5, 0.6) is 0 Å². The summed E-state index contributed by atoms with van der Waals surface area (Å²) >= 11 is 0. The number of carbonyl (C=O) groups is 5. The van der Waals surface area contributed by atoms with Gasteiger partial charge in [-0.3, -0.25) is 33.8 Å². The summed E-state index contributed by atoms with van der Waals surface area (Å²) in [6.45, 7) is 7.44. The number of nitrogens with zero attached hydrogens (tertiary/aromatic N) is 2. The van der Waals surface area contributed by atoms with Gasteiger partial charge in [0.2, 0.25) is 23.6 Å². The predicted molar refractivity (Wildman–Crippen MR) is 181 cm³/mol. The summed E-state index contributed by atoms with van der Waals surface area (Å²) < 4.78 is 4.11. The zero-order valence-corrected chi connectivity index (χ0v) is 35.2. The Bertz CT molecular complexity index is 1180. The Hall–Kier alpha value is 1.07. The Morgan fingerprint density at radius 1 is 0.633 bits per heavy atom. The van der Waals surface area contributed by atoms with Crippen LogP contribution in [0.3, 0.4) is 0 Å². The number of benzene rings is 2. The van der Waals surface area contributed by atoms with Gasteiger partial charge in [-0.05, 0) is 44.7 Å². The molecule has 2 heterocycles. The summed E-state index contributed by atoms with van der Waals surface area (Å²) in [6, 6.07) is 19.5. The third-order valence-corrected chi connectivity index (χ3v) is 8.14. The van der Waals surface area contributed by atoms with Crippen molar-refractivity contribution in [3.63, 3.8) is 0 Å². The van der Waals surface area contributed by atoms with E-state index >= 15 is 0 Å². The minimum Gasteiger partial charge on any atom is -0.469 e. The van der Waals surface area contributed by atoms with Crippen LogP contribution >= 0.6 is 0 Å². The third-order valence-electron chi connectivity index (χ3n) is 8.14. The van der Waals surface area contributed by atoms with Crippen molar-refractivity contribution in [2.24, 2.45) is 23.7 Å². The minimum absolute atomic E-state index is 0. The molecule has 2 aromatic carbocycles. The fourth-order valence-corrected chi connectivity index (χ4v) is 5.86. The van der Waals surface area contributed by atoms with Crippen molar-refractivity contribution in [2.75, 3.05) is 19.1 Å². The molecule has 0 bridgehead atoms. The van der Waals surface area contributed by atoms with E-state index in [1.807, 2.05) is 62.4 Å². The minimum atomic E-state index is -0.245. The van der Waals surface area contributed by atoms with Crippen molar-refractivity contribution in [3.8, 4) is 0 Å². The molecule has 0 spiro atoms. The molecule has 2 aromatic rings. The molecule has 0 aromatic heterocycles. The van der Waals surface area contributed by atoms with Gasteiger partial charge in [-0.1, -0.05) is 93.6 Å². The van der Waals surface area contributed by atoms with Gasteiger partial charge in [0, 0.05) is 160 Å². The van der Waals surface area contributed by atoms with Crippen molar-refractivity contribution in [1.82, 2.24) is 4.90 Å². The van der Waals surface area contributed by atoms with Crippen LogP contribution < -0.4 is 4.90 Å². The first-order chi connectivity index (χ1) is 20.7. The molecular formula is C37H54Ar3N2O6Y-2. The molecule has 6 rings (SSSR count).